The van der Waals surface area contributed by atoms with Gasteiger partial charge in [-0.1, -0.05) is 34.6 Å². The van der Waals surface area contributed by atoms with E-state index in [9.17, 15) is 5.21 Å². The van der Waals surface area contributed by atoms with Gasteiger partial charge in [0, 0.05) is 25.6 Å². The van der Waals surface area contributed by atoms with Gasteiger partial charge in [0.05, 0.1) is 11.1 Å². The minimum atomic E-state index is -0.650. The third kappa shape index (κ3) is 3.35. The zero-order chi connectivity index (χ0) is 17.0. The molecule has 22 heavy (non-hydrogen) atoms. The van der Waals surface area contributed by atoms with Gasteiger partial charge in [-0.3, -0.25) is 0 Å². The van der Waals surface area contributed by atoms with Crippen molar-refractivity contribution in [1.82, 2.24) is 5.06 Å². The molecule has 131 valence electrons. The van der Waals surface area contributed by atoms with Gasteiger partial charge in [-0.05, 0) is 39.5 Å². The van der Waals surface area contributed by atoms with Gasteiger partial charge in [0.15, 0.2) is 5.79 Å². The van der Waals surface area contributed by atoms with Gasteiger partial charge >= 0.3 is 0 Å². The van der Waals surface area contributed by atoms with E-state index >= 15 is 0 Å². The van der Waals surface area contributed by atoms with Crippen LogP contribution in [0.25, 0.3) is 0 Å². The zero-order valence-corrected chi connectivity index (χ0v) is 15.7. The lowest BCUT2D eigenvalue weighted by Crippen LogP contribution is -2.71. The Kier molecular flexibility index (Phi) is 6.88. The molecule has 1 saturated heterocycles. The minimum Gasteiger partial charge on any atom is -0.349 e. The number of nitrogens with zero attached hydrogens (tertiary/aromatic N) is 1. The largest absolute Gasteiger partial charge is 0.349 e. The van der Waals surface area contributed by atoms with Crippen LogP contribution in [0.1, 0.15) is 80.6 Å². The molecule has 1 rings (SSSR count). The summed E-state index contributed by atoms with van der Waals surface area (Å²) >= 11 is 0. The van der Waals surface area contributed by atoms with E-state index in [0.29, 0.717) is 19.6 Å². The summed E-state index contributed by atoms with van der Waals surface area (Å²) in [5.74, 6) is -0.622. The molecule has 0 amide bonds. The first-order chi connectivity index (χ1) is 10.3. The molecular weight excluding hydrogens is 278 g/mol. The maximum Gasteiger partial charge on any atom is 0.174 e. The van der Waals surface area contributed by atoms with E-state index < -0.39 is 16.9 Å². The van der Waals surface area contributed by atoms with Crippen molar-refractivity contribution in [2.24, 2.45) is 5.92 Å². The number of piperidine rings is 1. The van der Waals surface area contributed by atoms with Crippen LogP contribution in [-0.2, 0) is 14.7 Å². The molecule has 1 aliphatic heterocycles. The Labute approximate surface area is 137 Å². The molecule has 1 aliphatic rings. The Morgan fingerprint density at radius 1 is 1.00 bits per heavy atom. The summed E-state index contributed by atoms with van der Waals surface area (Å²) in [4.78, 5) is 0. The molecule has 3 atom stereocenters. The van der Waals surface area contributed by atoms with Crippen LogP contribution in [0, 0.1) is 5.92 Å². The van der Waals surface area contributed by atoms with Gasteiger partial charge in [0.1, 0.15) is 0 Å². The van der Waals surface area contributed by atoms with E-state index in [2.05, 4.69) is 48.5 Å². The molecule has 0 aromatic rings. The van der Waals surface area contributed by atoms with E-state index in [-0.39, 0.29) is 5.92 Å². The van der Waals surface area contributed by atoms with Crippen LogP contribution >= 0.6 is 0 Å². The fourth-order valence-corrected chi connectivity index (χ4v) is 3.68. The second kappa shape index (κ2) is 7.61. The molecule has 0 aliphatic carbocycles. The van der Waals surface area contributed by atoms with Crippen molar-refractivity contribution in [2.45, 2.75) is 97.4 Å². The van der Waals surface area contributed by atoms with Crippen LogP contribution in [0.15, 0.2) is 0 Å². The molecule has 0 aromatic carbocycles. The lowest BCUT2D eigenvalue weighted by atomic mass is 9.67. The first kappa shape index (κ1) is 19.9. The van der Waals surface area contributed by atoms with Crippen molar-refractivity contribution < 1.29 is 14.7 Å². The number of hydroxylamine groups is 2. The summed E-state index contributed by atoms with van der Waals surface area (Å²) < 4.78 is 12.6. The summed E-state index contributed by atoms with van der Waals surface area (Å²) in [6.07, 6.45) is 4.13. The molecule has 3 unspecified atom stereocenters. The van der Waals surface area contributed by atoms with Crippen LogP contribution in [0.4, 0.5) is 0 Å². The van der Waals surface area contributed by atoms with Crippen LogP contribution in [0.3, 0.4) is 0 Å². The maximum atomic E-state index is 13.1. The lowest BCUT2D eigenvalue weighted by molar-refractivity contribution is -0.392. The molecule has 1 fully saturated rings. The van der Waals surface area contributed by atoms with Gasteiger partial charge in [-0.2, -0.15) is 0 Å². The number of hydrogen-bond acceptors (Lipinski definition) is 3. The monoisotopic (exact) mass is 314 g/mol. The van der Waals surface area contributed by atoms with Crippen LogP contribution in [0.2, 0.25) is 0 Å². The van der Waals surface area contributed by atoms with E-state index in [1.54, 1.807) is 0 Å². The third-order valence-electron chi connectivity index (χ3n) is 5.75. The number of rotatable bonds is 8. The van der Waals surface area contributed by atoms with E-state index in [1.807, 2.05) is 0 Å². The Morgan fingerprint density at radius 3 is 1.86 bits per heavy atom. The minimum absolute atomic E-state index is 0.0280. The van der Waals surface area contributed by atoms with Crippen molar-refractivity contribution in [3.8, 4) is 0 Å². The Bertz CT molecular complexity index is 341. The van der Waals surface area contributed by atoms with E-state index in [4.69, 9.17) is 9.47 Å². The van der Waals surface area contributed by atoms with Gasteiger partial charge in [-0.25, -0.2) is 0 Å². The normalized spacial score (nSPS) is 35.7. The molecule has 4 heteroatoms. The third-order valence-corrected chi connectivity index (χ3v) is 5.75. The number of ether oxygens (including phenoxy) is 2. The first-order valence-corrected chi connectivity index (χ1v) is 9.01. The maximum absolute atomic E-state index is 13.1. The van der Waals surface area contributed by atoms with Crippen molar-refractivity contribution >= 4 is 0 Å². The van der Waals surface area contributed by atoms with Gasteiger partial charge in [0.2, 0.25) is 0 Å². The predicted octanol–water partition coefficient (Wildman–Crippen LogP) is 4.56. The van der Waals surface area contributed by atoms with Gasteiger partial charge in [0.25, 0.3) is 0 Å². The van der Waals surface area contributed by atoms with Crippen molar-refractivity contribution in [2.75, 3.05) is 13.2 Å². The number of hydrogen-bond donors (Lipinski definition) is 0. The molecule has 1 radical (unpaired) electrons. The molecule has 0 spiro atoms. The fraction of sp³-hybridized carbons (Fsp3) is 1.00. The van der Waals surface area contributed by atoms with Crippen molar-refractivity contribution in [3.63, 3.8) is 0 Å². The van der Waals surface area contributed by atoms with Crippen LogP contribution in [-0.4, -0.2) is 35.1 Å². The Hall–Kier alpha value is -0.160. The van der Waals surface area contributed by atoms with Gasteiger partial charge < -0.3 is 9.47 Å². The van der Waals surface area contributed by atoms with Crippen LogP contribution in [0.5, 0.6) is 0 Å². The average molecular weight is 314 g/mol. The summed E-state index contributed by atoms with van der Waals surface area (Å²) in [6, 6.07) is 0. The lowest BCUT2D eigenvalue weighted by Gasteiger charge is -2.60. The zero-order valence-electron chi connectivity index (χ0n) is 15.7. The van der Waals surface area contributed by atoms with Crippen molar-refractivity contribution in [1.29, 1.82) is 0 Å². The molecule has 1 heterocycles. The molecule has 0 aromatic heterocycles. The highest BCUT2D eigenvalue weighted by molar-refractivity contribution is 5.07. The van der Waals surface area contributed by atoms with Crippen molar-refractivity contribution in [3.05, 3.63) is 0 Å². The SMILES string of the molecule is CCCOC1(OCCC)CC(C)(CC)N([O])C(C)(CC)C1C. The summed E-state index contributed by atoms with van der Waals surface area (Å²) in [7, 11) is 0. The standard InChI is InChI=1S/C18H36NO3/c1-8-12-21-18(22-13-9-2)14-16(6,10-3)19(20)17(7,11-4)15(18)5/h15H,8-14H2,1-7H3. The Morgan fingerprint density at radius 2 is 1.50 bits per heavy atom. The summed E-state index contributed by atoms with van der Waals surface area (Å²) in [5.41, 5.74) is -0.913. The topological polar surface area (TPSA) is 41.6 Å². The molecule has 0 bridgehead atoms. The second-order valence-corrected chi connectivity index (χ2v) is 7.26. The van der Waals surface area contributed by atoms with Gasteiger partial charge in [-0.15, -0.1) is 10.3 Å². The van der Waals surface area contributed by atoms with E-state index in [1.165, 1.54) is 5.06 Å². The molecule has 4 nitrogen and oxygen atoms in total. The fourth-order valence-electron chi connectivity index (χ4n) is 3.68. The Balaban J connectivity index is 3.27. The first-order valence-electron chi connectivity index (χ1n) is 9.01. The molecule has 0 saturated carbocycles. The highest BCUT2D eigenvalue weighted by Crippen LogP contribution is 2.51. The van der Waals surface area contributed by atoms with Crippen LogP contribution < -0.4 is 0 Å². The smallest absolute Gasteiger partial charge is 0.174 e. The average Bonchev–Trinajstić information content (AvgIpc) is 2.54. The van der Waals surface area contributed by atoms with E-state index in [0.717, 1.165) is 25.7 Å². The molecule has 0 N–H and O–H groups in total. The second-order valence-electron chi connectivity index (χ2n) is 7.26. The predicted molar refractivity (Wildman–Crippen MR) is 88.9 cm³/mol. The summed E-state index contributed by atoms with van der Waals surface area (Å²) in [6.45, 7) is 16.0. The quantitative estimate of drug-likeness (QED) is 0.617. The highest BCUT2D eigenvalue weighted by atomic mass is 16.7. The summed E-state index contributed by atoms with van der Waals surface area (Å²) in [5, 5.41) is 14.4. The molecular formula is C18H36NO3. The highest BCUT2D eigenvalue weighted by Gasteiger charge is 2.61.